The van der Waals surface area contributed by atoms with E-state index in [1.165, 1.54) is 4.90 Å². The highest BCUT2D eigenvalue weighted by atomic mass is 16.5. The molecule has 1 aliphatic heterocycles. The minimum absolute atomic E-state index is 0.00446. The number of nitrogens with one attached hydrogen (secondary N) is 1. The third-order valence-electron chi connectivity index (χ3n) is 3.70. The van der Waals surface area contributed by atoms with Gasteiger partial charge in [0.05, 0.1) is 11.4 Å². The van der Waals surface area contributed by atoms with Crippen LogP contribution in [0.2, 0.25) is 0 Å². The Kier molecular flexibility index (Phi) is 4.28. The molecule has 23 heavy (non-hydrogen) atoms. The SMILES string of the molecule is CC[C@H](Oc1ccccc1)C(=O)N1CC(=O)Nc2ccccc21. The Morgan fingerprint density at radius 1 is 1.17 bits per heavy atom. The van der Waals surface area contributed by atoms with E-state index in [4.69, 9.17) is 4.74 Å². The Balaban J connectivity index is 1.85. The molecule has 3 rings (SSSR count). The van der Waals surface area contributed by atoms with Gasteiger partial charge in [-0.25, -0.2) is 0 Å². The summed E-state index contributed by atoms with van der Waals surface area (Å²) in [7, 11) is 0. The molecule has 0 saturated carbocycles. The average molecular weight is 310 g/mol. The first kappa shape index (κ1) is 15.1. The molecule has 0 fully saturated rings. The van der Waals surface area contributed by atoms with Crippen LogP contribution in [0.3, 0.4) is 0 Å². The van der Waals surface area contributed by atoms with Gasteiger partial charge in [-0.05, 0) is 30.7 Å². The zero-order valence-corrected chi connectivity index (χ0v) is 12.9. The van der Waals surface area contributed by atoms with Gasteiger partial charge in [0.25, 0.3) is 5.91 Å². The first-order valence-corrected chi connectivity index (χ1v) is 7.61. The molecule has 0 radical (unpaired) electrons. The second kappa shape index (κ2) is 6.52. The maximum Gasteiger partial charge on any atom is 0.268 e. The molecule has 1 heterocycles. The van der Waals surface area contributed by atoms with E-state index in [2.05, 4.69) is 5.32 Å². The number of benzene rings is 2. The lowest BCUT2D eigenvalue weighted by atomic mass is 10.1. The maximum atomic E-state index is 12.9. The number of para-hydroxylation sites is 3. The van der Waals surface area contributed by atoms with Gasteiger partial charge in [0.1, 0.15) is 12.3 Å². The van der Waals surface area contributed by atoms with Crippen LogP contribution in [0.25, 0.3) is 0 Å². The van der Waals surface area contributed by atoms with Gasteiger partial charge >= 0.3 is 0 Å². The van der Waals surface area contributed by atoms with E-state index in [-0.39, 0.29) is 18.4 Å². The number of fused-ring (bicyclic) bond motifs is 1. The maximum absolute atomic E-state index is 12.9. The van der Waals surface area contributed by atoms with Crippen LogP contribution < -0.4 is 15.0 Å². The lowest BCUT2D eigenvalue weighted by molar-refractivity contribution is -0.127. The molecule has 0 aromatic heterocycles. The molecule has 1 N–H and O–H groups in total. The van der Waals surface area contributed by atoms with Gasteiger partial charge < -0.3 is 10.1 Å². The van der Waals surface area contributed by atoms with Crippen LogP contribution in [0.15, 0.2) is 54.6 Å². The van der Waals surface area contributed by atoms with Crippen molar-refractivity contribution in [1.82, 2.24) is 0 Å². The van der Waals surface area contributed by atoms with E-state index in [1.54, 1.807) is 6.07 Å². The molecular formula is C18H18N2O3. The Morgan fingerprint density at radius 2 is 1.87 bits per heavy atom. The number of carbonyl (C=O) groups excluding carboxylic acids is 2. The molecule has 2 aromatic carbocycles. The van der Waals surface area contributed by atoms with E-state index in [0.29, 0.717) is 23.5 Å². The van der Waals surface area contributed by atoms with Crippen molar-refractivity contribution in [3.8, 4) is 5.75 Å². The van der Waals surface area contributed by atoms with Crippen LogP contribution in [0.1, 0.15) is 13.3 Å². The van der Waals surface area contributed by atoms with Crippen LogP contribution in [-0.2, 0) is 9.59 Å². The number of nitrogens with zero attached hydrogens (tertiary/aromatic N) is 1. The number of hydrogen-bond donors (Lipinski definition) is 1. The van der Waals surface area contributed by atoms with Gasteiger partial charge in [0, 0.05) is 0 Å². The summed E-state index contributed by atoms with van der Waals surface area (Å²) < 4.78 is 5.81. The summed E-state index contributed by atoms with van der Waals surface area (Å²) in [6.07, 6.45) is -0.107. The number of amides is 2. The van der Waals surface area contributed by atoms with Crippen molar-refractivity contribution in [2.24, 2.45) is 0 Å². The quantitative estimate of drug-likeness (QED) is 0.944. The second-order valence-electron chi connectivity index (χ2n) is 5.32. The Bertz CT molecular complexity index is 715. The van der Waals surface area contributed by atoms with Crippen molar-refractivity contribution in [1.29, 1.82) is 0 Å². The van der Waals surface area contributed by atoms with E-state index < -0.39 is 6.10 Å². The zero-order valence-electron chi connectivity index (χ0n) is 12.9. The minimum Gasteiger partial charge on any atom is -0.481 e. The van der Waals surface area contributed by atoms with Crippen molar-refractivity contribution in [3.05, 3.63) is 54.6 Å². The normalized spacial score (nSPS) is 14.7. The molecule has 1 atom stereocenters. The number of rotatable bonds is 4. The van der Waals surface area contributed by atoms with Crippen LogP contribution in [0, 0.1) is 0 Å². The highest BCUT2D eigenvalue weighted by Gasteiger charge is 2.31. The average Bonchev–Trinajstić information content (AvgIpc) is 2.59. The molecule has 0 saturated heterocycles. The number of ether oxygens (including phenoxy) is 1. The van der Waals surface area contributed by atoms with E-state index >= 15 is 0 Å². The summed E-state index contributed by atoms with van der Waals surface area (Å²) in [5.41, 5.74) is 1.35. The lowest BCUT2D eigenvalue weighted by Crippen LogP contribution is -2.48. The molecular weight excluding hydrogens is 292 g/mol. The molecule has 1 aliphatic rings. The van der Waals surface area contributed by atoms with Gasteiger partial charge in [0.15, 0.2) is 6.10 Å². The third-order valence-corrected chi connectivity index (χ3v) is 3.70. The van der Waals surface area contributed by atoms with Gasteiger partial charge in [-0.2, -0.15) is 0 Å². The molecule has 5 nitrogen and oxygen atoms in total. The molecule has 5 heteroatoms. The fraction of sp³-hybridized carbons (Fsp3) is 0.222. The van der Waals surface area contributed by atoms with Gasteiger partial charge in [-0.1, -0.05) is 37.3 Å². The standard InChI is InChI=1S/C18H18N2O3/c1-2-16(23-13-8-4-3-5-9-13)18(22)20-12-17(21)19-14-10-6-7-11-15(14)20/h3-11,16H,2,12H2,1H3,(H,19,21)/t16-/m0/s1. The summed E-state index contributed by atoms with van der Waals surface area (Å²) in [5.74, 6) is 0.229. The summed E-state index contributed by atoms with van der Waals surface area (Å²) in [6.45, 7) is 1.89. The van der Waals surface area contributed by atoms with Crippen LogP contribution in [0.5, 0.6) is 5.75 Å². The topological polar surface area (TPSA) is 58.6 Å². The Labute approximate surface area is 134 Å². The highest BCUT2D eigenvalue weighted by Crippen LogP contribution is 2.30. The second-order valence-corrected chi connectivity index (χ2v) is 5.32. The van der Waals surface area contributed by atoms with Gasteiger partial charge in [-0.15, -0.1) is 0 Å². The number of anilines is 2. The fourth-order valence-electron chi connectivity index (χ4n) is 2.58. The summed E-state index contributed by atoms with van der Waals surface area (Å²) in [4.78, 5) is 26.2. The van der Waals surface area contributed by atoms with Crippen molar-refractivity contribution < 1.29 is 14.3 Å². The predicted molar refractivity (Wildman–Crippen MR) is 88.6 cm³/mol. The molecule has 0 unspecified atom stereocenters. The molecule has 0 aliphatic carbocycles. The fourth-order valence-corrected chi connectivity index (χ4v) is 2.58. The minimum atomic E-state index is -0.628. The van der Waals surface area contributed by atoms with Crippen LogP contribution in [0.4, 0.5) is 11.4 Å². The van der Waals surface area contributed by atoms with E-state index in [1.807, 2.05) is 55.5 Å². The summed E-state index contributed by atoms with van der Waals surface area (Å²) in [5, 5.41) is 2.78. The number of hydrogen-bond acceptors (Lipinski definition) is 3. The smallest absolute Gasteiger partial charge is 0.268 e. The van der Waals surface area contributed by atoms with Gasteiger partial charge in [-0.3, -0.25) is 14.5 Å². The predicted octanol–water partition coefficient (Wildman–Crippen LogP) is 2.83. The molecule has 2 aromatic rings. The molecule has 2 amide bonds. The monoisotopic (exact) mass is 310 g/mol. The van der Waals surface area contributed by atoms with Crippen LogP contribution >= 0.6 is 0 Å². The summed E-state index contributed by atoms with van der Waals surface area (Å²) in [6, 6.07) is 16.5. The highest BCUT2D eigenvalue weighted by molar-refractivity contribution is 6.11. The van der Waals surface area contributed by atoms with Crippen molar-refractivity contribution in [2.75, 3.05) is 16.8 Å². The molecule has 0 bridgehead atoms. The van der Waals surface area contributed by atoms with Crippen molar-refractivity contribution >= 4 is 23.2 Å². The molecule has 118 valence electrons. The van der Waals surface area contributed by atoms with Crippen LogP contribution in [-0.4, -0.2) is 24.5 Å². The lowest BCUT2D eigenvalue weighted by Gasteiger charge is -2.31. The first-order valence-electron chi connectivity index (χ1n) is 7.61. The first-order chi connectivity index (χ1) is 11.2. The van der Waals surface area contributed by atoms with Crippen molar-refractivity contribution in [2.45, 2.75) is 19.4 Å². The largest absolute Gasteiger partial charge is 0.481 e. The Hall–Kier alpha value is -2.82. The van der Waals surface area contributed by atoms with E-state index in [0.717, 1.165) is 0 Å². The third kappa shape index (κ3) is 3.18. The zero-order chi connectivity index (χ0) is 16.2. The summed E-state index contributed by atoms with van der Waals surface area (Å²) >= 11 is 0. The van der Waals surface area contributed by atoms with Crippen molar-refractivity contribution in [3.63, 3.8) is 0 Å². The van der Waals surface area contributed by atoms with Gasteiger partial charge in [0.2, 0.25) is 5.91 Å². The number of carbonyl (C=O) groups is 2. The Morgan fingerprint density at radius 3 is 2.61 bits per heavy atom. The van der Waals surface area contributed by atoms with E-state index in [9.17, 15) is 9.59 Å². The molecule has 0 spiro atoms.